The van der Waals surface area contributed by atoms with Gasteiger partial charge >= 0.3 is 0 Å². The molecule has 5 nitrogen and oxygen atoms in total. The maximum Gasteiger partial charge on any atom is 0.257 e. The molecule has 0 radical (unpaired) electrons. The minimum absolute atomic E-state index is 0. The van der Waals surface area contributed by atoms with Gasteiger partial charge in [0.05, 0.1) is 22.6 Å². The molecule has 1 aromatic carbocycles. The second kappa shape index (κ2) is 7.37. The molecule has 2 aromatic rings. The molecule has 0 aliphatic carbocycles. The molecule has 26 heavy (non-hydrogen) atoms. The molecule has 1 aliphatic heterocycles. The van der Waals surface area contributed by atoms with Crippen molar-refractivity contribution in [3.8, 4) is 5.69 Å². The van der Waals surface area contributed by atoms with E-state index in [0.29, 0.717) is 24.3 Å². The average molecular weight is 381 g/mol. The van der Waals surface area contributed by atoms with Crippen LogP contribution >= 0.6 is 12.4 Å². The van der Waals surface area contributed by atoms with E-state index in [2.05, 4.69) is 18.9 Å². The third-order valence-corrected chi connectivity index (χ3v) is 5.18. The lowest BCUT2D eigenvalue weighted by atomic mass is 9.79. The van der Waals surface area contributed by atoms with Crippen molar-refractivity contribution in [2.24, 2.45) is 11.1 Å². The molecule has 142 valence electrons. The first-order valence-corrected chi connectivity index (χ1v) is 8.58. The van der Waals surface area contributed by atoms with Gasteiger partial charge in [0.15, 0.2) is 0 Å². The Bertz CT molecular complexity index is 801. The molecule has 1 atom stereocenters. The number of likely N-dealkylation sites (tertiary alicyclic amines) is 1. The summed E-state index contributed by atoms with van der Waals surface area (Å²) in [6, 6.07) is 6.20. The molecule has 1 aromatic heterocycles. The van der Waals surface area contributed by atoms with Crippen molar-refractivity contribution in [2.75, 3.05) is 13.1 Å². The first kappa shape index (κ1) is 20.4. The van der Waals surface area contributed by atoms with Crippen LogP contribution in [0.25, 0.3) is 5.69 Å². The number of piperidine rings is 1. The number of aromatic nitrogens is 2. The number of hydrogen-bond donors (Lipinski definition) is 1. The van der Waals surface area contributed by atoms with Crippen LogP contribution in [-0.4, -0.2) is 39.7 Å². The summed E-state index contributed by atoms with van der Waals surface area (Å²) >= 11 is 0. The molecule has 1 aliphatic rings. The van der Waals surface area contributed by atoms with Crippen molar-refractivity contribution in [1.82, 2.24) is 14.7 Å². The van der Waals surface area contributed by atoms with Crippen LogP contribution in [0.2, 0.25) is 0 Å². The van der Waals surface area contributed by atoms with E-state index < -0.39 is 0 Å². The van der Waals surface area contributed by atoms with Gasteiger partial charge in [0.1, 0.15) is 5.82 Å². The molecular weight excluding hydrogens is 355 g/mol. The minimum atomic E-state index is -0.298. The molecule has 1 fully saturated rings. The SMILES string of the molecule is Cc1nn(-c2ccc(F)cc2)c(C)c1C(=O)N1CCC(N)C(C)(C)C1.Cl. The van der Waals surface area contributed by atoms with Crippen LogP contribution in [-0.2, 0) is 0 Å². The quantitative estimate of drug-likeness (QED) is 0.869. The maximum atomic E-state index is 13.2. The Balaban J connectivity index is 0.00000243. The van der Waals surface area contributed by atoms with Crippen molar-refractivity contribution < 1.29 is 9.18 Å². The number of amides is 1. The predicted molar refractivity (Wildman–Crippen MR) is 103 cm³/mol. The number of nitrogens with zero attached hydrogens (tertiary/aromatic N) is 3. The summed E-state index contributed by atoms with van der Waals surface area (Å²) in [6.07, 6.45) is 0.795. The Morgan fingerprint density at radius 1 is 1.27 bits per heavy atom. The zero-order valence-corrected chi connectivity index (χ0v) is 16.4. The van der Waals surface area contributed by atoms with Crippen molar-refractivity contribution in [1.29, 1.82) is 0 Å². The van der Waals surface area contributed by atoms with Crippen LogP contribution in [0.5, 0.6) is 0 Å². The van der Waals surface area contributed by atoms with Gasteiger partial charge in [0.25, 0.3) is 5.91 Å². The first-order chi connectivity index (χ1) is 11.7. The highest BCUT2D eigenvalue weighted by Gasteiger charge is 2.36. The molecule has 1 saturated heterocycles. The fourth-order valence-electron chi connectivity index (χ4n) is 3.49. The topological polar surface area (TPSA) is 64.2 Å². The van der Waals surface area contributed by atoms with Crippen LogP contribution in [0.1, 0.15) is 42.0 Å². The van der Waals surface area contributed by atoms with E-state index in [9.17, 15) is 9.18 Å². The normalized spacial score (nSPS) is 19.2. The Kier molecular flexibility index (Phi) is 5.78. The monoisotopic (exact) mass is 380 g/mol. The Morgan fingerprint density at radius 3 is 2.46 bits per heavy atom. The number of carbonyl (C=O) groups excluding carboxylic acids is 1. The molecule has 7 heteroatoms. The van der Waals surface area contributed by atoms with Gasteiger partial charge in [-0.15, -0.1) is 12.4 Å². The zero-order valence-electron chi connectivity index (χ0n) is 15.6. The van der Waals surface area contributed by atoms with Gasteiger partial charge < -0.3 is 10.6 Å². The van der Waals surface area contributed by atoms with Gasteiger partial charge in [-0.2, -0.15) is 5.10 Å². The second-order valence-electron chi connectivity index (χ2n) is 7.54. The van der Waals surface area contributed by atoms with Crippen molar-refractivity contribution >= 4 is 18.3 Å². The van der Waals surface area contributed by atoms with Crippen LogP contribution in [0, 0.1) is 25.1 Å². The Hall–Kier alpha value is -1.92. The third kappa shape index (κ3) is 3.62. The zero-order chi connectivity index (χ0) is 18.4. The smallest absolute Gasteiger partial charge is 0.257 e. The molecule has 3 rings (SSSR count). The summed E-state index contributed by atoms with van der Waals surface area (Å²) in [6.45, 7) is 9.19. The van der Waals surface area contributed by atoms with Crippen molar-refractivity contribution in [3.63, 3.8) is 0 Å². The summed E-state index contributed by atoms with van der Waals surface area (Å²) < 4.78 is 14.9. The predicted octanol–water partition coefficient (Wildman–Crippen LogP) is 3.25. The summed E-state index contributed by atoms with van der Waals surface area (Å²) in [5, 5.41) is 4.50. The van der Waals surface area contributed by atoms with E-state index >= 15 is 0 Å². The summed E-state index contributed by atoms with van der Waals surface area (Å²) in [5.41, 5.74) is 8.88. The highest BCUT2D eigenvalue weighted by molar-refractivity contribution is 5.96. The lowest BCUT2D eigenvalue weighted by molar-refractivity contribution is 0.0531. The first-order valence-electron chi connectivity index (χ1n) is 8.58. The summed E-state index contributed by atoms with van der Waals surface area (Å²) in [5.74, 6) is -0.309. The van der Waals surface area contributed by atoms with Crippen LogP contribution < -0.4 is 5.73 Å². The average Bonchev–Trinajstić information content (AvgIpc) is 2.85. The molecule has 0 bridgehead atoms. The number of benzene rings is 1. The third-order valence-electron chi connectivity index (χ3n) is 5.18. The highest BCUT2D eigenvalue weighted by atomic mass is 35.5. The van der Waals surface area contributed by atoms with E-state index in [0.717, 1.165) is 17.8 Å². The number of halogens is 2. The van der Waals surface area contributed by atoms with Gasteiger partial charge in [-0.3, -0.25) is 4.79 Å². The number of rotatable bonds is 2. The lowest BCUT2D eigenvalue weighted by Gasteiger charge is -2.42. The number of nitrogens with two attached hydrogens (primary N) is 1. The van der Waals surface area contributed by atoms with E-state index in [4.69, 9.17) is 5.73 Å². The molecule has 2 heterocycles. The minimum Gasteiger partial charge on any atom is -0.338 e. The van der Waals surface area contributed by atoms with Gasteiger partial charge in [-0.05, 0) is 49.9 Å². The number of hydrogen-bond acceptors (Lipinski definition) is 3. The van der Waals surface area contributed by atoms with Crippen molar-refractivity contribution in [2.45, 2.75) is 40.2 Å². The number of carbonyl (C=O) groups is 1. The Morgan fingerprint density at radius 2 is 1.88 bits per heavy atom. The van der Waals surface area contributed by atoms with Crippen LogP contribution in [0.3, 0.4) is 0 Å². The molecule has 1 amide bonds. The summed E-state index contributed by atoms with van der Waals surface area (Å²) in [4.78, 5) is 15.0. The van der Waals surface area contributed by atoms with E-state index in [-0.39, 0.29) is 35.6 Å². The fourth-order valence-corrected chi connectivity index (χ4v) is 3.49. The van der Waals surface area contributed by atoms with Crippen molar-refractivity contribution in [3.05, 3.63) is 47.0 Å². The largest absolute Gasteiger partial charge is 0.338 e. The fraction of sp³-hybridized carbons (Fsp3) is 0.474. The van der Waals surface area contributed by atoms with E-state index in [1.807, 2.05) is 18.7 Å². The van der Waals surface area contributed by atoms with Gasteiger partial charge in [-0.1, -0.05) is 13.8 Å². The lowest BCUT2D eigenvalue weighted by Crippen LogP contribution is -2.54. The summed E-state index contributed by atoms with van der Waals surface area (Å²) in [7, 11) is 0. The van der Waals surface area contributed by atoms with E-state index in [1.54, 1.807) is 16.8 Å². The molecular formula is C19H26ClFN4O. The molecule has 1 unspecified atom stereocenters. The molecule has 2 N–H and O–H groups in total. The second-order valence-corrected chi connectivity index (χ2v) is 7.54. The Labute approximate surface area is 159 Å². The van der Waals surface area contributed by atoms with Gasteiger partial charge in [-0.25, -0.2) is 9.07 Å². The molecule has 0 saturated carbocycles. The highest BCUT2D eigenvalue weighted by Crippen LogP contribution is 2.29. The molecule has 0 spiro atoms. The maximum absolute atomic E-state index is 13.2. The van der Waals surface area contributed by atoms with Gasteiger partial charge in [0.2, 0.25) is 0 Å². The van der Waals surface area contributed by atoms with Gasteiger partial charge in [0, 0.05) is 19.1 Å². The van der Waals surface area contributed by atoms with E-state index in [1.165, 1.54) is 12.1 Å². The number of aryl methyl sites for hydroxylation is 1. The van der Waals surface area contributed by atoms with Crippen LogP contribution in [0.15, 0.2) is 24.3 Å². The standard InChI is InChI=1S/C19H25FN4O.ClH/c1-12-17(18(25)23-10-9-16(21)19(3,4)11-23)13(2)24(22-12)15-7-5-14(20)6-8-15;/h5-8,16H,9-11,21H2,1-4H3;1H. The van der Waals surface area contributed by atoms with Crippen LogP contribution in [0.4, 0.5) is 4.39 Å².